The lowest BCUT2D eigenvalue weighted by Gasteiger charge is -2.38. The van der Waals surface area contributed by atoms with Gasteiger partial charge in [0.2, 0.25) is 0 Å². The van der Waals surface area contributed by atoms with E-state index in [-0.39, 0.29) is 12.6 Å². The molecule has 0 saturated carbocycles. The van der Waals surface area contributed by atoms with E-state index in [4.69, 9.17) is 17.0 Å². The molecule has 3 nitrogen and oxygen atoms in total. The molecule has 1 aromatic carbocycles. The number of benzene rings is 1. The van der Waals surface area contributed by atoms with Crippen molar-refractivity contribution >= 4 is 23.0 Å². The zero-order valence-corrected chi connectivity index (χ0v) is 14.5. The summed E-state index contributed by atoms with van der Waals surface area (Å²) >= 11 is 5.81. The van der Waals surface area contributed by atoms with Gasteiger partial charge >= 0.3 is 18.5 Å². The van der Waals surface area contributed by atoms with E-state index in [0.29, 0.717) is 12.1 Å². The Labute approximate surface area is 157 Å². The Bertz CT molecular complexity index is 795. The number of alkyl halides is 10. The number of aliphatic imine (C=N–C) groups is 1. The number of hydrogen-bond acceptors (Lipinski definition) is 3. The lowest BCUT2D eigenvalue weighted by molar-refractivity contribution is -0.143. The second kappa shape index (κ2) is 7.21. The first-order chi connectivity index (χ1) is 12.6. The number of rotatable bonds is 2. The first kappa shape index (κ1) is 22.5. The number of nitrogens with one attached hydrogen (secondary N) is 1. The van der Waals surface area contributed by atoms with Gasteiger partial charge in [-0.05, 0) is 18.7 Å². The zero-order valence-electron chi connectivity index (χ0n) is 13.8. The van der Waals surface area contributed by atoms with Crippen LogP contribution in [0.3, 0.4) is 0 Å². The molecule has 0 amide bonds. The zero-order chi connectivity index (χ0) is 21.7. The first-order valence-electron chi connectivity index (χ1n) is 7.51. The Hall–Kier alpha value is -1.82. The van der Waals surface area contributed by atoms with Crippen LogP contribution < -0.4 is 0 Å². The van der Waals surface area contributed by atoms with Crippen molar-refractivity contribution in [2.45, 2.75) is 37.1 Å². The number of halogens is 10. The molecule has 0 spiro atoms. The SMILES string of the molecule is CCN1C(Cl)C(=N)C(C(F)(F)F)=NC1c1ccc(C(F)(F)F)cc1C(F)(F)F. The Morgan fingerprint density at radius 1 is 1.00 bits per heavy atom. The molecule has 28 heavy (non-hydrogen) atoms. The molecule has 0 fully saturated rings. The van der Waals surface area contributed by atoms with E-state index in [1.807, 2.05) is 0 Å². The maximum atomic E-state index is 13.4. The Kier molecular flexibility index (Phi) is 5.79. The predicted octanol–water partition coefficient (Wildman–Crippen LogP) is 5.65. The minimum absolute atomic E-state index is 0.185. The third-order valence-corrected chi connectivity index (χ3v) is 4.42. The molecule has 0 saturated heterocycles. The summed E-state index contributed by atoms with van der Waals surface area (Å²) in [5, 5.41) is 7.49. The Balaban J connectivity index is 2.75. The minimum Gasteiger partial charge on any atom is -0.300 e. The molecule has 156 valence electrons. The molecule has 2 rings (SSSR count). The lowest BCUT2D eigenvalue weighted by Crippen LogP contribution is -2.50. The minimum atomic E-state index is -5.29. The van der Waals surface area contributed by atoms with Crippen LogP contribution in [0.15, 0.2) is 23.2 Å². The summed E-state index contributed by atoms with van der Waals surface area (Å²) in [6.07, 6.45) is -17.5. The summed E-state index contributed by atoms with van der Waals surface area (Å²) in [4.78, 5) is 4.04. The molecule has 1 aliphatic heterocycles. The molecule has 1 N–H and O–H groups in total. The van der Waals surface area contributed by atoms with Crippen molar-refractivity contribution < 1.29 is 39.5 Å². The Morgan fingerprint density at radius 3 is 2.00 bits per heavy atom. The van der Waals surface area contributed by atoms with Gasteiger partial charge < -0.3 is 5.41 Å². The molecule has 0 aliphatic carbocycles. The highest BCUT2D eigenvalue weighted by Gasteiger charge is 2.48. The predicted molar refractivity (Wildman–Crippen MR) is 82.4 cm³/mol. The standard InChI is InChI=1S/C15H11ClF9N3/c1-2-28-11(16)9(26)10(15(23,24)25)27-12(28)7-4-3-6(13(17,18)19)5-8(7)14(20,21)22/h3-5,11-12,26H,2H2,1H3. The molecule has 2 unspecified atom stereocenters. The van der Waals surface area contributed by atoms with Crippen LogP contribution in [-0.4, -0.2) is 34.5 Å². The topological polar surface area (TPSA) is 39.5 Å². The third kappa shape index (κ3) is 4.27. The molecule has 13 heteroatoms. The summed E-state index contributed by atoms with van der Waals surface area (Å²) < 4.78 is 118. The normalized spacial score (nSPS) is 22.4. The summed E-state index contributed by atoms with van der Waals surface area (Å²) in [7, 11) is 0. The van der Waals surface area contributed by atoms with Crippen LogP contribution in [-0.2, 0) is 12.4 Å². The molecule has 0 aromatic heterocycles. The molecular formula is C15H11ClF9N3. The largest absolute Gasteiger partial charge is 0.434 e. The van der Waals surface area contributed by atoms with Crippen molar-refractivity contribution in [3.05, 3.63) is 34.9 Å². The molecular weight excluding hydrogens is 429 g/mol. The van der Waals surface area contributed by atoms with Gasteiger partial charge in [-0.15, -0.1) is 0 Å². The highest BCUT2D eigenvalue weighted by molar-refractivity contribution is 6.53. The van der Waals surface area contributed by atoms with Crippen LogP contribution in [0.1, 0.15) is 29.8 Å². The van der Waals surface area contributed by atoms with Crippen LogP contribution in [0.4, 0.5) is 39.5 Å². The van der Waals surface area contributed by atoms with E-state index < -0.39 is 58.3 Å². The van der Waals surface area contributed by atoms with Crippen molar-refractivity contribution in [2.24, 2.45) is 4.99 Å². The van der Waals surface area contributed by atoms with Crippen molar-refractivity contribution in [2.75, 3.05) is 6.54 Å². The molecule has 1 aromatic rings. The van der Waals surface area contributed by atoms with E-state index in [9.17, 15) is 39.5 Å². The van der Waals surface area contributed by atoms with Crippen LogP contribution in [0.5, 0.6) is 0 Å². The molecule has 0 bridgehead atoms. The van der Waals surface area contributed by atoms with Gasteiger partial charge in [-0.1, -0.05) is 24.6 Å². The van der Waals surface area contributed by atoms with Crippen molar-refractivity contribution in [1.82, 2.24) is 4.90 Å². The maximum Gasteiger partial charge on any atom is 0.434 e. The van der Waals surface area contributed by atoms with E-state index in [1.165, 1.54) is 6.92 Å². The number of nitrogens with zero attached hydrogens (tertiary/aromatic N) is 2. The van der Waals surface area contributed by atoms with Crippen molar-refractivity contribution in [3.8, 4) is 0 Å². The van der Waals surface area contributed by atoms with Gasteiger partial charge in [-0.2, -0.15) is 39.5 Å². The monoisotopic (exact) mass is 439 g/mol. The van der Waals surface area contributed by atoms with Gasteiger partial charge in [0, 0.05) is 5.56 Å². The summed E-state index contributed by atoms with van der Waals surface area (Å²) in [6, 6.07) is 0.564. The fraction of sp³-hybridized carbons (Fsp3) is 0.467. The van der Waals surface area contributed by atoms with Gasteiger partial charge in [-0.3, -0.25) is 9.89 Å². The van der Waals surface area contributed by atoms with E-state index >= 15 is 0 Å². The van der Waals surface area contributed by atoms with Gasteiger partial charge in [0.15, 0.2) is 5.71 Å². The fourth-order valence-corrected chi connectivity index (χ4v) is 3.03. The van der Waals surface area contributed by atoms with Crippen molar-refractivity contribution in [3.63, 3.8) is 0 Å². The van der Waals surface area contributed by atoms with Crippen LogP contribution in [0.2, 0.25) is 0 Å². The van der Waals surface area contributed by atoms with Crippen LogP contribution >= 0.6 is 11.6 Å². The third-order valence-electron chi connectivity index (χ3n) is 3.95. The smallest absolute Gasteiger partial charge is 0.300 e. The average molecular weight is 440 g/mol. The van der Waals surface area contributed by atoms with Gasteiger partial charge in [0.05, 0.1) is 16.8 Å². The maximum absolute atomic E-state index is 13.4. The van der Waals surface area contributed by atoms with Crippen molar-refractivity contribution in [1.29, 1.82) is 5.41 Å². The fourth-order valence-electron chi connectivity index (χ4n) is 2.68. The summed E-state index contributed by atoms with van der Waals surface area (Å²) in [6.45, 7) is 1.13. The van der Waals surface area contributed by atoms with Crippen LogP contribution in [0.25, 0.3) is 0 Å². The van der Waals surface area contributed by atoms with E-state index in [1.54, 1.807) is 0 Å². The van der Waals surface area contributed by atoms with E-state index in [0.717, 1.165) is 4.90 Å². The van der Waals surface area contributed by atoms with Gasteiger partial charge in [-0.25, -0.2) is 0 Å². The lowest BCUT2D eigenvalue weighted by atomic mass is 9.98. The second-order valence-corrected chi connectivity index (χ2v) is 6.14. The quantitative estimate of drug-likeness (QED) is 0.361. The van der Waals surface area contributed by atoms with E-state index in [2.05, 4.69) is 4.99 Å². The highest BCUT2D eigenvalue weighted by Crippen LogP contribution is 2.43. The Morgan fingerprint density at radius 2 is 1.57 bits per heavy atom. The molecule has 1 aliphatic rings. The average Bonchev–Trinajstić information content (AvgIpc) is 2.53. The molecule has 2 atom stereocenters. The first-order valence-corrected chi connectivity index (χ1v) is 7.94. The number of hydrogen-bond donors (Lipinski definition) is 1. The highest BCUT2D eigenvalue weighted by atomic mass is 35.5. The summed E-state index contributed by atoms with van der Waals surface area (Å²) in [5.41, 5.74) is -9.04. The molecule has 1 heterocycles. The molecule has 0 radical (unpaired) electrons. The second-order valence-electron chi connectivity index (χ2n) is 5.73. The van der Waals surface area contributed by atoms with Crippen LogP contribution in [0, 0.1) is 5.41 Å². The van der Waals surface area contributed by atoms with Gasteiger partial charge in [0.1, 0.15) is 11.7 Å². The summed E-state index contributed by atoms with van der Waals surface area (Å²) in [5.74, 6) is 0. The van der Waals surface area contributed by atoms with Gasteiger partial charge in [0.25, 0.3) is 0 Å².